The third-order valence-corrected chi connectivity index (χ3v) is 8.57. The van der Waals surface area contributed by atoms with Crippen molar-refractivity contribution >= 4 is 34.6 Å². The Labute approximate surface area is 212 Å². The number of rotatable bonds is 4. The van der Waals surface area contributed by atoms with Crippen LogP contribution in [0.15, 0.2) is 40.8 Å². The Morgan fingerprint density at radius 3 is 2.59 bits per heavy atom. The van der Waals surface area contributed by atoms with E-state index < -0.39 is 17.2 Å². The average molecular weight is 500 g/mol. The smallest absolute Gasteiger partial charge is 0.254 e. The van der Waals surface area contributed by atoms with E-state index in [4.69, 9.17) is 9.15 Å². The van der Waals surface area contributed by atoms with E-state index in [2.05, 4.69) is 10.6 Å². The van der Waals surface area contributed by atoms with Gasteiger partial charge in [0, 0.05) is 30.5 Å². The number of hydrogen-bond acceptors (Lipinski definition) is 6. The molecule has 1 spiro atoms. The maximum atomic E-state index is 13.3. The van der Waals surface area contributed by atoms with Gasteiger partial charge in [-0.2, -0.15) is 0 Å². The van der Waals surface area contributed by atoms with E-state index in [0.29, 0.717) is 35.6 Å². The van der Waals surface area contributed by atoms with Crippen molar-refractivity contribution in [2.45, 2.75) is 49.6 Å². The maximum absolute atomic E-state index is 13.3. The number of methoxy groups -OCH3 is 1. The molecule has 0 radical (unpaired) electrons. The lowest BCUT2D eigenvalue weighted by Gasteiger charge is -2.28. The topological polar surface area (TPSA) is 118 Å². The van der Waals surface area contributed by atoms with Gasteiger partial charge in [0.2, 0.25) is 17.7 Å². The van der Waals surface area contributed by atoms with Crippen LogP contribution in [0.3, 0.4) is 0 Å². The molecule has 1 aromatic heterocycles. The highest BCUT2D eigenvalue weighted by molar-refractivity contribution is 6.10. The Hall–Kier alpha value is -4.14. The summed E-state index contributed by atoms with van der Waals surface area (Å²) in [5, 5.41) is 6.49. The van der Waals surface area contributed by atoms with E-state index in [1.54, 1.807) is 24.1 Å². The van der Waals surface area contributed by atoms with Crippen LogP contribution in [-0.4, -0.2) is 42.2 Å². The minimum atomic E-state index is -1.33. The molecule has 4 amide bonds. The summed E-state index contributed by atoms with van der Waals surface area (Å²) in [6, 6.07) is 11.1. The van der Waals surface area contributed by atoms with Crippen LogP contribution < -0.4 is 15.4 Å². The molecule has 1 unspecified atom stereocenters. The third-order valence-electron chi connectivity index (χ3n) is 8.57. The molecule has 4 aliphatic rings. The van der Waals surface area contributed by atoms with Crippen molar-refractivity contribution in [1.82, 2.24) is 15.5 Å². The molecule has 2 aromatic carbocycles. The fourth-order valence-electron chi connectivity index (χ4n) is 6.67. The van der Waals surface area contributed by atoms with Gasteiger partial charge < -0.3 is 19.4 Å². The molecule has 2 N–H and O–H groups in total. The highest BCUT2D eigenvalue weighted by Crippen LogP contribution is 2.47. The molecular weight excluding hydrogens is 474 g/mol. The molecule has 2 saturated heterocycles. The van der Waals surface area contributed by atoms with Gasteiger partial charge in [-0.1, -0.05) is 12.1 Å². The lowest BCUT2D eigenvalue weighted by Crippen LogP contribution is -2.46. The van der Waals surface area contributed by atoms with Crippen molar-refractivity contribution in [3.63, 3.8) is 0 Å². The van der Waals surface area contributed by atoms with E-state index in [9.17, 15) is 19.2 Å². The van der Waals surface area contributed by atoms with Crippen molar-refractivity contribution in [1.29, 1.82) is 0 Å². The van der Waals surface area contributed by atoms with Gasteiger partial charge in [-0.15, -0.1) is 0 Å². The largest absolute Gasteiger partial charge is 0.497 e. The summed E-state index contributed by atoms with van der Waals surface area (Å²) >= 11 is 0. The quantitative estimate of drug-likeness (QED) is 0.533. The first-order valence-electron chi connectivity index (χ1n) is 12.5. The number of benzene rings is 2. The van der Waals surface area contributed by atoms with E-state index in [1.807, 2.05) is 24.3 Å². The Morgan fingerprint density at radius 2 is 1.86 bits per heavy atom. The second-order valence-electron chi connectivity index (χ2n) is 10.6. The van der Waals surface area contributed by atoms with Gasteiger partial charge in [0.25, 0.3) is 5.91 Å². The van der Waals surface area contributed by atoms with Crippen molar-refractivity contribution in [2.24, 2.45) is 0 Å². The molecule has 9 nitrogen and oxygen atoms in total. The second kappa shape index (κ2) is 7.44. The molecule has 3 aliphatic heterocycles. The zero-order chi connectivity index (χ0) is 25.5. The first kappa shape index (κ1) is 22.1. The first-order chi connectivity index (χ1) is 17.8. The van der Waals surface area contributed by atoms with E-state index in [0.717, 1.165) is 41.3 Å². The third kappa shape index (κ3) is 3.03. The molecule has 9 heteroatoms. The number of imide groups is 1. The first-order valence-corrected chi connectivity index (χ1v) is 12.5. The number of ether oxygens (including phenoxy) is 1. The number of carbonyl (C=O) groups excluding carboxylic acids is 4. The van der Waals surface area contributed by atoms with Gasteiger partial charge in [0.15, 0.2) is 0 Å². The summed E-state index contributed by atoms with van der Waals surface area (Å²) in [5.41, 5.74) is 2.53. The molecule has 2 atom stereocenters. The molecule has 4 heterocycles. The molecule has 3 aromatic rings. The minimum Gasteiger partial charge on any atom is -0.497 e. The van der Waals surface area contributed by atoms with Gasteiger partial charge in [-0.3, -0.25) is 24.5 Å². The van der Waals surface area contributed by atoms with Gasteiger partial charge in [-0.25, -0.2) is 0 Å². The standard InChI is InChI=1S/C28H25N3O6/c1-36-16-3-2-15-13-31(25(34)18(15)10-16)14-27(12-24(33)29-26(27)35)22-11-19-17-6-8-28(9-7-23(32)30-28)20(17)4-5-21(19)37-22/h2-5,10-11H,6-9,12-14H2,1H3,(H,30,32)(H,29,33,35)/t27-,28?/m1/s1. The monoisotopic (exact) mass is 499 g/mol. The van der Waals surface area contributed by atoms with Crippen LogP contribution in [-0.2, 0) is 38.3 Å². The number of carbonyl (C=O) groups is 4. The molecule has 2 fully saturated rings. The van der Waals surface area contributed by atoms with Crippen LogP contribution in [0.4, 0.5) is 0 Å². The molecule has 0 saturated carbocycles. The number of nitrogens with one attached hydrogen (secondary N) is 2. The Bertz CT molecular complexity index is 1560. The predicted octanol–water partition coefficient (Wildman–Crippen LogP) is 2.43. The Balaban J connectivity index is 1.29. The number of nitrogens with zero attached hydrogens (tertiary/aromatic N) is 1. The van der Waals surface area contributed by atoms with Gasteiger partial charge in [0.05, 0.1) is 19.1 Å². The van der Waals surface area contributed by atoms with Crippen molar-refractivity contribution < 1.29 is 28.3 Å². The van der Waals surface area contributed by atoms with Crippen molar-refractivity contribution in [3.8, 4) is 5.75 Å². The van der Waals surface area contributed by atoms with E-state index in [-0.39, 0.29) is 30.3 Å². The van der Waals surface area contributed by atoms with Gasteiger partial charge in [-0.05, 0) is 60.2 Å². The normalized spacial score (nSPS) is 26.2. The molecule has 188 valence electrons. The fourth-order valence-corrected chi connectivity index (χ4v) is 6.67. The minimum absolute atomic E-state index is 0.0163. The van der Waals surface area contributed by atoms with E-state index in [1.165, 1.54) is 0 Å². The number of furan rings is 1. The van der Waals surface area contributed by atoms with Gasteiger partial charge >= 0.3 is 0 Å². The van der Waals surface area contributed by atoms with Crippen LogP contribution in [0, 0.1) is 0 Å². The lowest BCUT2D eigenvalue weighted by atomic mass is 9.82. The molecule has 37 heavy (non-hydrogen) atoms. The van der Waals surface area contributed by atoms with Crippen LogP contribution in [0.5, 0.6) is 5.75 Å². The van der Waals surface area contributed by atoms with Gasteiger partial charge in [0.1, 0.15) is 22.5 Å². The van der Waals surface area contributed by atoms with Crippen molar-refractivity contribution in [2.75, 3.05) is 13.7 Å². The highest BCUT2D eigenvalue weighted by atomic mass is 16.5. The summed E-state index contributed by atoms with van der Waals surface area (Å²) in [6.45, 7) is 0.349. The van der Waals surface area contributed by atoms with Crippen LogP contribution >= 0.6 is 0 Å². The summed E-state index contributed by atoms with van der Waals surface area (Å²) < 4.78 is 11.5. The Morgan fingerprint density at radius 1 is 1.03 bits per heavy atom. The van der Waals surface area contributed by atoms with E-state index >= 15 is 0 Å². The number of aryl methyl sites for hydroxylation is 1. The zero-order valence-corrected chi connectivity index (χ0v) is 20.3. The molecule has 0 bridgehead atoms. The summed E-state index contributed by atoms with van der Waals surface area (Å²) in [7, 11) is 1.54. The summed E-state index contributed by atoms with van der Waals surface area (Å²) in [4.78, 5) is 52.7. The average Bonchev–Trinajstić information content (AvgIpc) is 3.68. The molecular formula is C28H25N3O6. The molecule has 1 aliphatic carbocycles. The number of amides is 4. The van der Waals surface area contributed by atoms with Crippen LogP contribution in [0.2, 0.25) is 0 Å². The number of fused-ring (bicyclic) bond motifs is 5. The predicted molar refractivity (Wildman–Crippen MR) is 131 cm³/mol. The molecule has 7 rings (SSSR count). The van der Waals surface area contributed by atoms with Crippen molar-refractivity contribution in [3.05, 3.63) is 64.4 Å². The summed E-state index contributed by atoms with van der Waals surface area (Å²) in [6.07, 6.45) is 2.78. The second-order valence-corrected chi connectivity index (χ2v) is 10.6. The zero-order valence-electron chi connectivity index (χ0n) is 20.3. The fraction of sp³-hybridized carbons (Fsp3) is 0.357. The lowest BCUT2D eigenvalue weighted by molar-refractivity contribution is -0.127. The van der Waals surface area contributed by atoms with Crippen LogP contribution in [0.25, 0.3) is 11.0 Å². The maximum Gasteiger partial charge on any atom is 0.254 e. The van der Waals surface area contributed by atoms with Crippen LogP contribution in [0.1, 0.15) is 58.5 Å². The number of hydrogen-bond donors (Lipinski definition) is 2. The SMILES string of the molecule is COc1ccc2c(c1)C(=O)N(C[C@@]1(c3cc4c5c(ccc4o3)C3(CCC(=O)N3)CC5)CC(=O)NC1=O)C2. The highest BCUT2D eigenvalue weighted by Gasteiger charge is 2.53. The summed E-state index contributed by atoms with van der Waals surface area (Å²) in [5.74, 6) is -0.0498. The Kier molecular flexibility index (Phi) is 4.44.